The number of carbonyl (C=O) groups is 1. The molecule has 30 heavy (non-hydrogen) atoms. The molecule has 1 aliphatic heterocycles. The van der Waals surface area contributed by atoms with Crippen LogP contribution in [0.5, 0.6) is 0 Å². The van der Waals surface area contributed by atoms with Gasteiger partial charge in [0.1, 0.15) is 0 Å². The minimum atomic E-state index is -0.128. The molecular formula is C23H25N3O3S. The fourth-order valence-electron chi connectivity index (χ4n) is 3.60. The monoisotopic (exact) mass is 423 g/mol. The number of fused-ring (bicyclic) bond motifs is 1. The molecule has 3 aromatic rings. The van der Waals surface area contributed by atoms with Crippen molar-refractivity contribution in [1.82, 2.24) is 14.9 Å². The average Bonchev–Trinajstić information content (AvgIpc) is 3.27. The number of benzene rings is 2. The van der Waals surface area contributed by atoms with Gasteiger partial charge in [-0.2, -0.15) is 0 Å². The summed E-state index contributed by atoms with van der Waals surface area (Å²) in [5.41, 5.74) is 3.33. The summed E-state index contributed by atoms with van der Waals surface area (Å²) in [6.45, 7) is 5.25. The summed E-state index contributed by atoms with van der Waals surface area (Å²) >= 11 is 1.28. The zero-order chi connectivity index (χ0) is 21.1. The largest absolute Gasteiger partial charge is 0.376 e. The van der Waals surface area contributed by atoms with Crippen molar-refractivity contribution in [2.75, 3.05) is 18.9 Å². The number of aromatic nitrogens is 2. The van der Waals surface area contributed by atoms with Crippen LogP contribution in [0.1, 0.15) is 24.0 Å². The Balaban J connectivity index is 1.65. The lowest BCUT2D eigenvalue weighted by atomic mass is 10.1. The fourth-order valence-corrected chi connectivity index (χ4v) is 4.43. The smallest absolute Gasteiger partial charge is 0.266 e. The van der Waals surface area contributed by atoms with Crippen LogP contribution in [0.3, 0.4) is 0 Å². The Morgan fingerprint density at radius 2 is 2.10 bits per heavy atom. The highest BCUT2D eigenvalue weighted by atomic mass is 32.2. The van der Waals surface area contributed by atoms with Crippen molar-refractivity contribution in [3.05, 3.63) is 63.9 Å². The first-order valence-corrected chi connectivity index (χ1v) is 11.1. The number of carbonyl (C=O) groups excluding carboxylic acids is 1. The number of nitrogens with one attached hydrogen (secondary N) is 1. The van der Waals surface area contributed by atoms with Gasteiger partial charge in [0.25, 0.3) is 5.56 Å². The highest BCUT2D eigenvalue weighted by molar-refractivity contribution is 7.99. The lowest BCUT2D eigenvalue weighted by Crippen LogP contribution is -2.33. The Morgan fingerprint density at radius 3 is 2.90 bits per heavy atom. The summed E-state index contributed by atoms with van der Waals surface area (Å²) in [7, 11) is 0. The highest BCUT2D eigenvalue weighted by Crippen LogP contribution is 2.24. The fraction of sp³-hybridized carbons (Fsp3) is 0.348. The molecule has 2 heterocycles. The molecule has 0 unspecified atom stereocenters. The van der Waals surface area contributed by atoms with Gasteiger partial charge in [0.05, 0.1) is 28.4 Å². The first kappa shape index (κ1) is 20.6. The summed E-state index contributed by atoms with van der Waals surface area (Å²) in [4.78, 5) is 30.5. The number of rotatable bonds is 6. The van der Waals surface area contributed by atoms with Crippen molar-refractivity contribution in [1.29, 1.82) is 0 Å². The van der Waals surface area contributed by atoms with Gasteiger partial charge in [-0.3, -0.25) is 14.2 Å². The van der Waals surface area contributed by atoms with Crippen LogP contribution in [0.4, 0.5) is 0 Å². The molecule has 1 saturated heterocycles. The van der Waals surface area contributed by atoms with Gasteiger partial charge in [-0.15, -0.1) is 0 Å². The number of ether oxygens (including phenoxy) is 1. The second-order valence-corrected chi connectivity index (χ2v) is 8.51. The molecule has 6 nitrogen and oxygen atoms in total. The number of amides is 1. The molecule has 1 aliphatic rings. The van der Waals surface area contributed by atoms with Crippen LogP contribution in [-0.2, 0) is 9.53 Å². The molecule has 0 radical (unpaired) electrons. The van der Waals surface area contributed by atoms with Crippen molar-refractivity contribution in [2.45, 2.75) is 37.9 Å². The van der Waals surface area contributed by atoms with E-state index in [0.717, 1.165) is 36.3 Å². The molecule has 0 spiro atoms. The van der Waals surface area contributed by atoms with Crippen LogP contribution in [0.2, 0.25) is 0 Å². The lowest BCUT2D eigenvalue weighted by Gasteiger charge is -2.16. The number of hydrogen-bond acceptors (Lipinski definition) is 5. The van der Waals surface area contributed by atoms with E-state index in [0.29, 0.717) is 22.6 Å². The van der Waals surface area contributed by atoms with Crippen molar-refractivity contribution in [3.63, 3.8) is 0 Å². The Morgan fingerprint density at radius 1 is 1.27 bits per heavy atom. The maximum absolute atomic E-state index is 13.4. The average molecular weight is 424 g/mol. The summed E-state index contributed by atoms with van der Waals surface area (Å²) in [5.74, 6) is 0.0907. The van der Waals surface area contributed by atoms with Gasteiger partial charge in [0, 0.05) is 13.2 Å². The minimum Gasteiger partial charge on any atom is -0.376 e. The van der Waals surface area contributed by atoms with E-state index < -0.39 is 0 Å². The predicted octanol–water partition coefficient (Wildman–Crippen LogP) is 3.39. The van der Waals surface area contributed by atoms with Crippen molar-refractivity contribution in [2.24, 2.45) is 0 Å². The molecule has 156 valence electrons. The zero-order valence-electron chi connectivity index (χ0n) is 17.2. The van der Waals surface area contributed by atoms with Crippen molar-refractivity contribution >= 4 is 28.6 Å². The Labute approximate surface area is 179 Å². The second kappa shape index (κ2) is 9.02. The van der Waals surface area contributed by atoms with E-state index >= 15 is 0 Å². The maximum Gasteiger partial charge on any atom is 0.266 e. The van der Waals surface area contributed by atoms with Crippen LogP contribution >= 0.6 is 11.8 Å². The van der Waals surface area contributed by atoms with Gasteiger partial charge in [0.2, 0.25) is 5.91 Å². The molecule has 1 atom stereocenters. The summed E-state index contributed by atoms with van der Waals surface area (Å²) in [6.07, 6.45) is 2.12. The number of nitrogens with zero attached hydrogens (tertiary/aromatic N) is 2. The SMILES string of the molecule is Cc1ccc(C)c(-n2c(SCC(=O)NC[C@@H]3CCCO3)nc3ccccc3c2=O)c1. The quantitative estimate of drug-likeness (QED) is 0.486. The van der Waals surface area contributed by atoms with Gasteiger partial charge >= 0.3 is 0 Å². The standard InChI is InChI=1S/C23H25N3O3S/c1-15-9-10-16(2)20(12-15)26-22(28)18-7-3-4-8-19(18)25-23(26)30-14-21(27)24-13-17-6-5-11-29-17/h3-4,7-10,12,17H,5-6,11,13-14H2,1-2H3,(H,24,27)/t17-/m0/s1. The maximum atomic E-state index is 13.4. The normalized spacial score (nSPS) is 16.1. The number of thioether (sulfide) groups is 1. The molecule has 1 fully saturated rings. The van der Waals surface area contributed by atoms with E-state index in [-0.39, 0.29) is 23.3 Å². The molecule has 1 N–H and O–H groups in total. The minimum absolute atomic E-state index is 0.0922. The summed E-state index contributed by atoms with van der Waals surface area (Å²) < 4.78 is 7.18. The van der Waals surface area contributed by atoms with Crippen LogP contribution in [0, 0.1) is 13.8 Å². The summed E-state index contributed by atoms with van der Waals surface area (Å²) in [5, 5.41) is 4.00. The molecular weight excluding hydrogens is 398 g/mol. The van der Waals surface area contributed by atoms with E-state index in [9.17, 15) is 9.59 Å². The van der Waals surface area contributed by atoms with E-state index in [1.807, 2.05) is 50.2 Å². The van der Waals surface area contributed by atoms with Gasteiger partial charge in [-0.05, 0) is 56.0 Å². The molecule has 0 bridgehead atoms. The Kier molecular flexibility index (Phi) is 6.20. The Bertz CT molecular complexity index is 1140. The molecule has 0 aliphatic carbocycles. The molecule has 4 rings (SSSR count). The number of para-hydroxylation sites is 1. The van der Waals surface area contributed by atoms with Crippen molar-refractivity contribution < 1.29 is 9.53 Å². The number of hydrogen-bond donors (Lipinski definition) is 1. The Hall–Kier alpha value is -2.64. The molecule has 0 saturated carbocycles. The third-order valence-corrected chi connectivity index (χ3v) is 6.17. The van der Waals surface area contributed by atoms with E-state index in [2.05, 4.69) is 5.32 Å². The van der Waals surface area contributed by atoms with Crippen LogP contribution < -0.4 is 10.9 Å². The van der Waals surface area contributed by atoms with E-state index in [1.165, 1.54) is 11.8 Å². The van der Waals surface area contributed by atoms with Crippen LogP contribution in [0.25, 0.3) is 16.6 Å². The second-order valence-electron chi connectivity index (χ2n) is 7.57. The molecule has 2 aromatic carbocycles. The van der Waals surface area contributed by atoms with Crippen LogP contribution in [0.15, 0.2) is 52.4 Å². The van der Waals surface area contributed by atoms with Gasteiger partial charge in [-0.1, -0.05) is 36.0 Å². The van der Waals surface area contributed by atoms with Crippen molar-refractivity contribution in [3.8, 4) is 5.69 Å². The highest BCUT2D eigenvalue weighted by Gasteiger charge is 2.18. The van der Waals surface area contributed by atoms with Gasteiger partial charge in [-0.25, -0.2) is 4.98 Å². The molecule has 7 heteroatoms. The van der Waals surface area contributed by atoms with E-state index in [4.69, 9.17) is 9.72 Å². The zero-order valence-corrected chi connectivity index (χ0v) is 18.0. The molecule has 1 aromatic heterocycles. The predicted molar refractivity (Wildman–Crippen MR) is 120 cm³/mol. The van der Waals surface area contributed by atoms with Crippen LogP contribution in [-0.4, -0.2) is 40.5 Å². The third-order valence-electron chi connectivity index (χ3n) is 5.23. The van der Waals surface area contributed by atoms with Gasteiger partial charge < -0.3 is 10.1 Å². The van der Waals surface area contributed by atoms with Gasteiger partial charge in [0.15, 0.2) is 5.16 Å². The summed E-state index contributed by atoms with van der Waals surface area (Å²) in [6, 6.07) is 13.3. The molecule has 1 amide bonds. The lowest BCUT2D eigenvalue weighted by molar-refractivity contribution is -0.119. The number of aryl methyl sites for hydroxylation is 2. The van der Waals surface area contributed by atoms with E-state index in [1.54, 1.807) is 10.6 Å². The third kappa shape index (κ3) is 4.42. The first-order valence-electron chi connectivity index (χ1n) is 10.1. The first-order chi connectivity index (χ1) is 14.5. The topological polar surface area (TPSA) is 73.2 Å².